The minimum absolute atomic E-state index is 0.112. The van der Waals surface area contributed by atoms with E-state index in [2.05, 4.69) is 50.2 Å². The molecule has 0 aromatic carbocycles. The number of carbonyl (C=O) groups excluding carboxylic acids is 2. The number of piperazine rings is 2. The van der Waals surface area contributed by atoms with Crippen LogP contribution in [0.25, 0.3) is 0 Å². The first-order chi connectivity index (χ1) is 12.4. The van der Waals surface area contributed by atoms with Gasteiger partial charge >= 0.3 is 11.9 Å². The van der Waals surface area contributed by atoms with Crippen molar-refractivity contribution in [1.29, 1.82) is 0 Å². The molecule has 26 heavy (non-hydrogen) atoms. The fourth-order valence-electron chi connectivity index (χ4n) is 2.28. The molecule has 152 valence electrons. The van der Waals surface area contributed by atoms with Gasteiger partial charge in [-0.2, -0.15) is 0 Å². The number of hydrogen-bond acceptors (Lipinski definition) is 8. The van der Waals surface area contributed by atoms with Gasteiger partial charge in [-0.25, -0.2) is 4.79 Å². The Morgan fingerprint density at radius 2 is 1.50 bits per heavy atom. The first-order valence-electron chi connectivity index (χ1n) is 9.00. The van der Waals surface area contributed by atoms with Crippen LogP contribution < -0.4 is 5.32 Å². The van der Waals surface area contributed by atoms with Crippen LogP contribution in [0.4, 0.5) is 0 Å². The Morgan fingerprint density at radius 1 is 0.962 bits per heavy atom. The highest BCUT2D eigenvalue weighted by molar-refractivity contribution is 5.80. The number of esters is 2. The minimum atomic E-state index is -0.394. The van der Waals surface area contributed by atoms with Crippen molar-refractivity contribution >= 4 is 11.9 Å². The van der Waals surface area contributed by atoms with Crippen molar-refractivity contribution in [3.63, 3.8) is 0 Å². The molecule has 0 atom stereocenters. The second kappa shape index (κ2) is 15.7. The summed E-state index contributed by atoms with van der Waals surface area (Å²) >= 11 is 0. The molecule has 2 rings (SSSR count). The molecule has 0 aliphatic carbocycles. The Labute approximate surface area is 158 Å². The lowest BCUT2D eigenvalue weighted by Crippen LogP contribution is -2.45. The molecule has 0 unspecified atom stereocenters. The SMILES string of the molecule is C=CC(=O)OC.CN1CCNCC1.COC(=O)CCN1CCN(C)CC1. The molecular weight excluding hydrogens is 336 g/mol. The summed E-state index contributed by atoms with van der Waals surface area (Å²) in [5, 5.41) is 3.27. The van der Waals surface area contributed by atoms with Gasteiger partial charge in [-0.1, -0.05) is 6.58 Å². The third kappa shape index (κ3) is 13.8. The van der Waals surface area contributed by atoms with Crippen molar-refractivity contribution in [2.45, 2.75) is 6.42 Å². The maximum absolute atomic E-state index is 10.9. The van der Waals surface area contributed by atoms with E-state index in [-0.39, 0.29) is 5.97 Å². The van der Waals surface area contributed by atoms with Crippen molar-refractivity contribution < 1.29 is 19.1 Å². The van der Waals surface area contributed by atoms with Gasteiger partial charge in [0.2, 0.25) is 0 Å². The summed E-state index contributed by atoms with van der Waals surface area (Å²) in [6, 6.07) is 0. The molecule has 2 saturated heterocycles. The van der Waals surface area contributed by atoms with E-state index in [4.69, 9.17) is 0 Å². The summed E-state index contributed by atoms with van der Waals surface area (Å²) in [4.78, 5) is 27.6. The van der Waals surface area contributed by atoms with Crippen molar-refractivity contribution in [2.75, 3.05) is 87.2 Å². The number of nitrogens with zero attached hydrogens (tertiary/aromatic N) is 3. The van der Waals surface area contributed by atoms with E-state index in [1.54, 1.807) is 0 Å². The number of nitrogens with one attached hydrogen (secondary N) is 1. The van der Waals surface area contributed by atoms with E-state index in [1.165, 1.54) is 27.3 Å². The van der Waals surface area contributed by atoms with Crippen LogP contribution in [0.5, 0.6) is 0 Å². The molecule has 2 fully saturated rings. The number of methoxy groups -OCH3 is 2. The topological polar surface area (TPSA) is 74.3 Å². The summed E-state index contributed by atoms with van der Waals surface area (Å²) < 4.78 is 8.73. The summed E-state index contributed by atoms with van der Waals surface area (Å²) in [5.74, 6) is -0.506. The lowest BCUT2D eigenvalue weighted by Gasteiger charge is -2.31. The van der Waals surface area contributed by atoms with Gasteiger partial charge in [-0.05, 0) is 14.1 Å². The predicted octanol–water partition coefficient (Wildman–Crippen LogP) is -0.336. The molecule has 0 radical (unpaired) electrons. The van der Waals surface area contributed by atoms with Crippen LogP contribution in [0.3, 0.4) is 0 Å². The van der Waals surface area contributed by atoms with Gasteiger partial charge < -0.3 is 29.5 Å². The lowest BCUT2D eigenvalue weighted by atomic mass is 10.3. The summed E-state index contributed by atoms with van der Waals surface area (Å²) in [7, 11) is 7.02. The van der Waals surface area contributed by atoms with E-state index in [0.29, 0.717) is 6.42 Å². The van der Waals surface area contributed by atoms with Gasteiger partial charge in [-0.3, -0.25) is 4.79 Å². The molecule has 2 heterocycles. The van der Waals surface area contributed by atoms with Gasteiger partial charge in [0.15, 0.2) is 0 Å². The molecule has 0 aromatic rings. The number of likely N-dealkylation sites (N-methyl/N-ethyl adjacent to an activating group) is 2. The van der Waals surface area contributed by atoms with Crippen LogP contribution in [-0.2, 0) is 19.1 Å². The Hall–Kier alpha value is -1.48. The molecular formula is C18H36N4O4. The third-order valence-electron chi connectivity index (χ3n) is 4.16. The van der Waals surface area contributed by atoms with Crippen molar-refractivity contribution in [3.05, 3.63) is 12.7 Å². The molecule has 0 amide bonds. The van der Waals surface area contributed by atoms with Gasteiger partial charge in [0.05, 0.1) is 20.6 Å². The highest BCUT2D eigenvalue weighted by Gasteiger charge is 2.14. The van der Waals surface area contributed by atoms with Crippen LogP contribution in [0.15, 0.2) is 12.7 Å². The third-order valence-corrected chi connectivity index (χ3v) is 4.16. The maximum Gasteiger partial charge on any atom is 0.329 e. The Morgan fingerprint density at radius 3 is 1.85 bits per heavy atom. The summed E-state index contributed by atoms with van der Waals surface area (Å²) in [5.41, 5.74) is 0. The Balaban J connectivity index is 0.000000405. The van der Waals surface area contributed by atoms with Crippen LogP contribution in [0.2, 0.25) is 0 Å². The quantitative estimate of drug-likeness (QED) is 0.531. The highest BCUT2D eigenvalue weighted by Crippen LogP contribution is 2.00. The second-order valence-corrected chi connectivity index (χ2v) is 6.25. The zero-order chi connectivity index (χ0) is 19.8. The molecule has 1 N–H and O–H groups in total. The first kappa shape index (κ1) is 24.5. The fourth-order valence-corrected chi connectivity index (χ4v) is 2.28. The molecule has 0 saturated carbocycles. The second-order valence-electron chi connectivity index (χ2n) is 6.25. The van der Waals surface area contributed by atoms with E-state index >= 15 is 0 Å². The average Bonchev–Trinajstić information content (AvgIpc) is 2.68. The monoisotopic (exact) mass is 372 g/mol. The fraction of sp³-hybridized carbons (Fsp3) is 0.778. The molecule has 0 bridgehead atoms. The molecule has 8 heteroatoms. The molecule has 2 aliphatic heterocycles. The average molecular weight is 373 g/mol. The van der Waals surface area contributed by atoms with Gasteiger partial charge in [0.1, 0.15) is 0 Å². The Bertz CT molecular complexity index is 393. The van der Waals surface area contributed by atoms with Gasteiger partial charge in [0, 0.05) is 65.0 Å². The van der Waals surface area contributed by atoms with E-state index in [1.807, 2.05) is 0 Å². The Kier molecular flexibility index (Phi) is 14.9. The maximum atomic E-state index is 10.9. The van der Waals surface area contributed by atoms with Crippen molar-refractivity contribution in [3.8, 4) is 0 Å². The van der Waals surface area contributed by atoms with Crippen LogP contribution in [-0.4, -0.2) is 114 Å². The number of carbonyl (C=O) groups is 2. The van der Waals surface area contributed by atoms with Crippen LogP contribution in [0, 0.1) is 0 Å². The molecule has 8 nitrogen and oxygen atoms in total. The smallest absolute Gasteiger partial charge is 0.329 e. The minimum Gasteiger partial charge on any atom is -0.469 e. The van der Waals surface area contributed by atoms with E-state index < -0.39 is 5.97 Å². The lowest BCUT2D eigenvalue weighted by molar-refractivity contribution is -0.141. The number of hydrogen-bond donors (Lipinski definition) is 1. The summed E-state index contributed by atoms with van der Waals surface area (Å²) in [6.07, 6.45) is 1.63. The zero-order valence-corrected chi connectivity index (χ0v) is 16.8. The molecule has 0 spiro atoms. The standard InChI is InChI=1S/C9H18N2O2.C5H12N2.C4H6O2/c1-10-5-7-11(8-6-10)4-3-9(12)13-2;1-7-4-2-6-3-5-7;1-3-4(5)6-2/h3-8H2,1-2H3;6H,2-5H2,1H3;3H,1H2,2H3. The highest BCUT2D eigenvalue weighted by atomic mass is 16.5. The van der Waals surface area contributed by atoms with Gasteiger partial charge in [-0.15, -0.1) is 0 Å². The van der Waals surface area contributed by atoms with E-state index in [0.717, 1.165) is 51.9 Å². The molecule has 0 aromatic heterocycles. The largest absolute Gasteiger partial charge is 0.469 e. The number of rotatable bonds is 4. The number of ether oxygens (including phenoxy) is 2. The van der Waals surface area contributed by atoms with Crippen LogP contribution in [0.1, 0.15) is 6.42 Å². The predicted molar refractivity (Wildman–Crippen MR) is 103 cm³/mol. The van der Waals surface area contributed by atoms with E-state index in [9.17, 15) is 9.59 Å². The molecule has 2 aliphatic rings. The van der Waals surface area contributed by atoms with Crippen LogP contribution >= 0.6 is 0 Å². The normalized spacial score (nSPS) is 18.5. The first-order valence-corrected chi connectivity index (χ1v) is 9.00. The van der Waals surface area contributed by atoms with Gasteiger partial charge in [0.25, 0.3) is 0 Å². The van der Waals surface area contributed by atoms with Crippen molar-refractivity contribution in [2.24, 2.45) is 0 Å². The zero-order valence-electron chi connectivity index (χ0n) is 16.8. The summed E-state index contributed by atoms with van der Waals surface area (Å²) in [6.45, 7) is 13.1. The van der Waals surface area contributed by atoms with Crippen molar-refractivity contribution in [1.82, 2.24) is 20.0 Å².